The second-order valence-corrected chi connectivity index (χ2v) is 8.21. The van der Waals surface area contributed by atoms with Crippen molar-refractivity contribution in [2.75, 3.05) is 56.6 Å². The van der Waals surface area contributed by atoms with Crippen LogP contribution in [0.4, 0.5) is 11.4 Å². The standard InChI is InChI=1S/C12H14N2O4.C9H9NO4.C5H13NO2/c1-13(2)8-7-9-10(12(15)18-3)5-4-6-11(9)14(16)17;1-6-7(9(11)14-2)4-3-5-8(6)10(12)13;1-6(2)5(7-3)8-4/h4-8H,1-3H3;3-5H,1-2H3;5H,1-4H3/b8-7+;;. The number of hydrogen-bond donors (Lipinski definition) is 0. The van der Waals surface area contributed by atoms with E-state index in [9.17, 15) is 29.8 Å². The van der Waals surface area contributed by atoms with E-state index in [0.29, 0.717) is 5.56 Å². The molecule has 0 aliphatic carbocycles. The Morgan fingerprint density at radius 2 is 1.25 bits per heavy atom. The van der Waals surface area contributed by atoms with Gasteiger partial charge in [-0.2, -0.15) is 0 Å². The number of rotatable bonds is 9. The molecule has 14 nitrogen and oxygen atoms in total. The lowest BCUT2D eigenvalue weighted by Crippen LogP contribution is -2.30. The van der Waals surface area contributed by atoms with Gasteiger partial charge in [0.25, 0.3) is 11.4 Å². The Hall–Kier alpha value is -4.40. The second-order valence-electron chi connectivity index (χ2n) is 8.21. The minimum absolute atomic E-state index is 0.0760. The maximum atomic E-state index is 11.6. The summed E-state index contributed by atoms with van der Waals surface area (Å²) in [5, 5.41) is 21.5. The molecule has 220 valence electrons. The molecule has 0 N–H and O–H groups in total. The number of methoxy groups -OCH3 is 4. The number of ether oxygens (including phenoxy) is 4. The zero-order valence-corrected chi connectivity index (χ0v) is 24.1. The fourth-order valence-corrected chi connectivity index (χ4v) is 3.07. The van der Waals surface area contributed by atoms with Crippen molar-refractivity contribution < 1.29 is 38.4 Å². The largest absolute Gasteiger partial charge is 0.465 e. The van der Waals surface area contributed by atoms with Crippen molar-refractivity contribution in [1.29, 1.82) is 0 Å². The van der Waals surface area contributed by atoms with Crippen LogP contribution in [-0.4, -0.2) is 94.6 Å². The van der Waals surface area contributed by atoms with Gasteiger partial charge in [-0.1, -0.05) is 12.1 Å². The van der Waals surface area contributed by atoms with Gasteiger partial charge in [-0.25, -0.2) is 9.59 Å². The highest BCUT2D eigenvalue weighted by molar-refractivity contribution is 5.95. The first-order valence-electron chi connectivity index (χ1n) is 11.5. The summed E-state index contributed by atoms with van der Waals surface area (Å²) < 4.78 is 18.8. The number of carbonyl (C=O) groups is 2. The summed E-state index contributed by atoms with van der Waals surface area (Å²) in [6, 6.07) is 8.60. The van der Waals surface area contributed by atoms with E-state index in [-0.39, 0.29) is 34.5 Å². The maximum Gasteiger partial charge on any atom is 0.338 e. The Bertz CT molecular complexity index is 1180. The minimum Gasteiger partial charge on any atom is -0.465 e. The number of nitro groups is 2. The number of nitrogens with zero attached hydrogens (tertiary/aromatic N) is 4. The van der Waals surface area contributed by atoms with Crippen LogP contribution >= 0.6 is 0 Å². The molecule has 0 fully saturated rings. The van der Waals surface area contributed by atoms with Gasteiger partial charge in [0, 0.05) is 46.0 Å². The zero-order valence-electron chi connectivity index (χ0n) is 24.1. The molecule has 0 bridgehead atoms. The molecule has 14 heteroatoms. The Morgan fingerprint density at radius 1 is 0.800 bits per heavy atom. The van der Waals surface area contributed by atoms with Crippen molar-refractivity contribution in [1.82, 2.24) is 9.80 Å². The van der Waals surface area contributed by atoms with Gasteiger partial charge in [0.15, 0.2) is 0 Å². The van der Waals surface area contributed by atoms with Gasteiger partial charge in [0.1, 0.15) is 0 Å². The van der Waals surface area contributed by atoms with Crippen LogP contribution in [0.3, 0.4) is 0 Å². The lowest BCUT2D eigenvalue weighted by Gasteiger charge is -2.19. The normalized spacial score (nSPS) is 10.3. The van der Waals surface area contributed by atoms with E-state index in [1.807, 2.05) is 19.0 Å². The predicted molar refractivity (Wildman–Crippen MR) is 148 cm³/mol. The van der Waals surface area contributed by atoms with Crippen molar-refractivity contribution in [3.63, 3.8) is 0 Å². The van der Waals surface area contributed by atoms with Crippen molar-refractivity contribution in [3.8, 4) is 0 Å². The van der Waals surface area contributed by atoms with E-state index in [1.54, 1.807) is 39.4 Å². The van der Waals surface area contributed by atoms with Crippen LogP contribution in [0.25, 0.3) is 6.08 Å². The predicted octanol–water partition coefficient (Wildman–Crippen LogP) is 3.73. The fourth-order valence-electron chi connectivity index (χ4n) is 3.07. The number of hydrogen-bond acceptors (Lipinski definition) is 12. The molecule has 0 saturated carbocycles. The quantitative estimate of drug-likeness (QED) is 0.188. The SMILES string of the molecule is COC(=O)c1cccc([N+](=O)[O-])c1/C=C/N(C)C.COC(=O)c1cccc([N+](=O)[O-])c1C.COC(OC)N(C)C. The van der Waals surface area contributed by atoms with Crippen molar-refractivity contribution in [3.05, 3.63) is 85.1 Å². The van der Waals surface area contributed by atoms with Crippen LogP contribution in [0.15, 0.2) is 42.6 Å². The van der Waals surface area contributed by atoms with E-state index in [0.717, 1.165) is 0 Å². The third-order valence-corrected chi connectivity index (χ3v) is 4.96. The number of carbonyl (C=O) groups excluding carboxylic acids is 2. The van der Waals surface area contributed by atoms with Gasteiger partial charge in [-0.05, 0) is 45.4 Å². The molecular weight excluding hydrogens is 528 g/mol. The molecule has 40 heavy (non-hydrogen) atoms. The molecule has 0 aliphatic heterocycles. The fraction of sp³-hybridized carbons (Fsp3) is 0.385. The summed E-state index contributed by atoms with van der Waals surface area (Å²) in [4.78, 5) is 46.7. The Kier molecular flexibility index (Phi) is 16.0. The van der Waals surface area contributed by atoms with Crippen LogP contribution in [0.1, 0.15) is 31.8 Å². The monoisotopic (exact) mass is 564 g/mol. The van der Waals surface area contributed by atoms with Gasteiger partial charge >= 0.3 is 11.9 Å². The molecule has 0 amide bonds. The van der Waals surface area contributed by atoms with Crippen molar-refractivity contribution >= 4 is 29.4 Å². The molecule has 2 aromatic rings. The van der Waals surface area contributed by atoms with Gasteiger partial charge in [0.2, 0.25) is 6.41 Å². The van der Waals surface area contributed by atoms with Crippen molar-refractivity contribution in [2.24, 2.45) is 0 Å². The number of nitro benzene ring substituents is 2. The highest BCUT2D eigenvalue weighted by Crippen LogP contribution is 2.24. The first-order chi connectivity index (χ1) is 18.8. The summed E-state index contributed by atoms with van der Waals surface area (Å²) in [5.74, 6) is -1.16. The molecule has 0 radical (unpaired) electrons. The topological polar surface area (TPSA) is 164 Å². The van der Waals surface area contributed by atoms with E-state index in [2.05, 4.69) is 9.47 Å². The van der Waals surface area contributed by atoms with Gasteiger partial charge in [-0.15, -0.1) is 0 Å². The van der Waals surface area contributed by atoms with E-state index < -0.39 is 21.8 Å². The first kappa shape index (κ1) is 35.6. The highest BCUT2D eigenvalue weighted by Gasteiger charge is 2.20. The lowest BCUT2D eigenvalue weighted by molar-refractivity contribution is -0.385. The molecule has 0 saturated heterocycles. The summed E-state index contributed by atoms with van der Waals surface area (Å²) >= 11 is 0. The molecule has 0 spiro atoms. The second kappa shape index (κ2) is 18.0. The first-order valence-corrected chi connectivity index (χ1v) is 11.5. The molecular formula is C26H36N4O10. The molecule has 0 unspecified atom stereocenters. The average Bonchev–Trinajstić information content (AvgIpc) is 2.91. The van der Waals surface area contributed by atoms with E-state index in [1.165, 1.54) is 63.6 Å². The maximum absolute atomic E-state index is 11.6. The lowest BCUT2D eigenvalue weighted by atomic mass is 10.1. The Balaban J connectivity index is 0.000000614. The summed E-state index contributed by atoms with van der Waals surface area (Å²) in [5.41, 5.74) is 0.753. The summed E-state index contributed by atoms with van der Waals surface area (Å²) in [6.45, 7) is 1.52. The molecule has 2 aromatic carbocycles. The van der Waals surface area contributed by atoms with Gasteiger partial charge in [0.05, 0.1) is 40.8 Å². The average molecular weight is 565 g/mol. The van der Waals surface area contributed by atoms with Gasteiger partial charge < -0.3 is 23.8 Å². The molecule has 0 heterocycles. The molecule has 0 aliphatic rings. The van der Waals surface area contributed by atoms with E-state index in [4.69, 9.17) is 9.47 Å². The highest BCUT2D eigenvalue weighted by atomic mass is 16.7. The number of esters is 2. The number of benzene rings is 2. The molecule has 0 aromatic heterocycles. The summed E-state index contributed by atoms with van der Waals surface area (Å²) in [6.07, 6.45) is 2.94. The minimum atomic E-state index is -0.600. The summed E-state index contributed by atoms with van der Waals surface area (Å²) in [7, 11) is 13.0. The Labute approximate surface area is 233 Å². The smallest absolute Gasteiger partial charge is 0.338 e. The van der Waals surface area contributed by atoms with Crippen LogP contribution in [0.2, 0.25) is 0 Å². The third-order valence-electron chi connectivity index (χ3n) is 4.96. The zero-order chi connectivity index (χ0) is 31.0. The van der Waals surface area contributed by atoms with Crippen LogP contribution in [-0.2, 0) is 18.9 Å². The van der Waals surface area contributed by atoms with Crippen molar-refractivity contribution in [2.45, 2.75) is 13.3 Å². The third kappa shape index (κ3) is 11.1. The van der Waals surface area contributed by atoms with E-state index >= 15 is 0 Å². The van der Waals surface area contributed by atoms with Crippen LogP contribution < -0.4 is 0 Å². The molecule has 2 rings (SSSR count). The van der Waals surface area contributed by atoms with Gasteiger partial charge in [-0.3, -0.25) is 25.1 Å². The Morgan fingerprint density at radius 3 is 1.62 bits per heavy atom. The molecule has 0 atom stereocenters. The van der Waals surface area contributed by atoms with Crippen LogP contribution in [0.5, 0.6) is 0 Å². The van der Waals surface area contributed by atoms with Crippen LogP contribution in [0, 0.1) is 27.2 Å².